The van der Waals surface area contributed by atoms with Gasteiger partial charge in [-0.05, 0) is 6.42 Å². The topological polar surface area (TPSA) is 224 Å². The van der Waals surface area contributed by atoms with Crippen LogP contribution in [-0.4, -0.2) is 84.3 Å². The second-order valence-corrected chi connectivity index (χ2v) is 16.1. The van der Waals surface area contributed by atoms with Crippen molar-refractivity contribution in [2.24, 2.45) is 0 Å². The van der Waals surface area contributed by atoms with Gasteiger partial charge in [-0.2, -0.15) is 0 Å². The monoisotopic (exact) mass is 749 g/mol. The number of anilines is 1. The fourth-order valence-electron chi connectivity index (χ4n) is 5.44. The molecule has 0 saturated carbocycles. The van der Waals surface area contributed by atoms with E-state index >= 15 is 0 Å². The molecule has 1 fully saturated rings. The van der Waals surface area contributed by atoms with Crippen LogP contribution in [0, 0.1) is 0 Å². The quantitative estimate of drug-likeness (QED) is 0.0492. The summed E-state index contributed by atoms with van der Waals surface area (Å²) in [5.41, 5.74) is 6.24. The molecule has 3 rings (SSSR count). The van der Waals surface area contributed by atoms with Gasteiger partial charge in [0.05, 0.1) is 24.9 Å². The Bertz CT molecular complexity index is 1300. The predicted molar refractivity (Wildman–Crippen MR) is 176 cm³/mol. The fraction of sp³-hybridized carbons (Fsp3) is 0.828. The Morgan fingerprint density at radius 3 is 2.17 bits per heavy atom. The number of nitrogen functional groups attached to an aromatic ring is 1. The first-order chi connectivity index (χ1) is 22.4. The van der Waals surface area contributed by atoms with Crippen LogP contribution in [0.15, 0.2) is 12.7 Å². The van der Waals surface area contributed by atoms with Crippen molar-refractivity contribution in [3.63, 3.8) is 0 Å². The van der Waals surface area contributed by atoms with Gasteiger partial charge in [-0.1, -0.05) is 90.4 Å². The number of phosphoric ester groups is 1. The number of rotatable bonds is 25. The van der Waals surface area contributed by atoms with Crippen LogP contribution in [-0.2, 0) is 27.4 Å². The number of nitrogens with zero attached hydrogens (tertiary/aromatic N) is 4. The Hall–Kier alpha value is -0.220. The Morgan fingerprint density at radius 1 is 0.979 bits per heavy atom. The minimum atomic E-state index is -5.16. The maximum atomic E-state index is 12.4. The van der Waals surface area contributed by atoms with Gasteiger partial charge in [0.1, 0.15) is 37.8 Å². The minimum Gasteiger partial charge on any atom is -0.778 e. The molecule has 0 aliphatic carbocycles. The first-order valence-corrected chi connectivity index (χ1v) is 20.2. The molecule has 0 radical (unpaired) electrons. The van der Waals surface area contributed by atoms with Gasteiger partial charge in [-0.25, -0.2) is 23.8 Å². The third kappa shape index (κ3) is 15.2. The van der Waals surface area contributed by atoms with Crippen molar-refractivity contribution < 1.29 is 77.0 Å². The molecule has 2 aromatic heterocycles. The van der Waals surface area contributed by atoms with E-state index < -0.39 is 58.1 Å². The SMILES string of the molecule is CCCCCCCCCCCCCCCCOCC(Cl)CP(=O)([O-])OP(=O)(O)OCC1OC(n2cnc3c(N)ncnc32)C(O)C1O.[Na+]. The number of aliphatic hydroxyl groups excluding tert-OH is 2. The van der Waals surface area contributed by atoms with Crippen LogP contribution in [0.5, 0.6) is 0 Å². The van der Waals surface area contributed by atoms with E-state index in [0.29, 0.717) is 6.61 Å². The molecule has 19 heteroatoms. The first kappa shape index (κ1) is 43.9. The molecule has 0 amide bonds. The first-order valence-electron chi connectivity index (χ1n) is 16.6. The summed E-state index contributed by atoms with van der Waals surface area (Å²) in [7, 11) is -10.1. The van der Waals surface area contributed by atoms with Crippen molar-refractivity contribution in [1.82, 2.24) is 19.5 Å². The van der Waals surface area contributed by atoms with E-state index in [2.05, 4.69) is 26.2 Å². The summed E-state index contributed by atoms with van der Waals surface area (Å²) in [4.78, 5) is 34.4. The van der Waals surface area contributed by atoms with Crippen LogP contribution in [0.3, 0.4) is 0 Å². The standard InChI is InChI=1S/C29H52ClN5O10P2.Na/c1-2-3-4-5-6-7-8-9-10-11-12-13-14-15-16-42-17-22(30)19-46(38,39)45-47(40,41)43-18-23-25(36)26(37)29(44-23)35-21-34-24-27(31)32-20-33-28(24)35;/h20-23,25-26,29,36-37H,2-19H2,1H3,(H,38,39)(H,40,41)(H2,31,32,33);/q;+1/p-1. The summed E-state index contributed by atoms with van der Waals surface area (Å²) < 4.78 is 46.4. The number of aromatic nitrogens is 4. The molecule has 1 aliphatic heterocycles. The summed E-state index contributed by atoms with van der Waals surface area (Å²) in [6.07, 6.45) is 13.5. The van der Waals surface area contributed by atoms with Gasteiger partial charge in [-0.3, -0.25) is 9.09 Å². The van der Waals surface area contributed by atoms with Crippen LogP contribution in [0.4, 0.5) is 5.82 Å². The number of ether oxygens (including phenoxy) is 2. The van der Waals surface area contributed by atoms with Gasteiger partial charge < -0.3 is 39.8 Å². The maximum absolute atomic E-state index is 12.4. The number of nitrogens with two attached hydrogens (primary N) is 1. The number of aliphatic hydroxyl groups is 2. The van der Waals surface area contributed by atoms with Crippen molar-refractivity contribution >= 4 is 44.0 Å². The second-order valence-electron chi connectivity index (χ2n) is 12.0. The number of hydrogen-bond acceptors (Lipinski definition) is 13. The van der Waals surface area contributed by atoms with E-state index in [1.54, 1.807) is 0 Å². The Kier molecular flexibility index (Phi) is 20.7. The molecule has 15 nitrogen and oxygen atoms in total. The van der Waals surface area contributed by atoms with E-state index in [0.717, 1.165) is 19.3 Å². The summed E-state index contributed by atoms with van der Waals surface area (Å²) in [6, 6.07) is 0. The zero-order chi connectivity index (χ0) is 34.3. The molecule has 0 aromatic carbocycles. The average molecular weight is 750 g/mol. The Balaban J connectivity index is 0.00000800. The molecule has 1 saturated heterocycles. The smallest absolute Gasteiger partial charge is 0.778 e. The molecular formula is C29H51ClN5NaO10P2. The van der Waals surface area contributed by atoms with Gasteiger partial charge >= 0.3 is 37.4 Å². The Labute approximate surface area is 310 Å². The summed E-state index contributed by atoms with van der Waals surface area (Å²) in [5.74, 6) is 0.0952. The number of imidazole rings is 1. The number of phosphoric acid groups is 1. The van der Waals surface area contributed by atoms with E-state index in [-0.39, 0.29) is 53.1 Å². The number of halogens is 1. The van der Waals surface area contributed by atoms with Crippen molar-refractivity contribution in [2.45, 2.75) is 127 Å². The molecule has 48 heavy (non-hydrogen) atoms. The van der Waals surface area contributed by atoms with Crippen LogP contribution in [0.2, 0.25) is 0 Å². The van der Waals surface area contributed by atoms with Gasteiger partial charge in [0.2, 0.25) is 0 Å². The molecule has 0 bridgehead atoms. The molecular weight excluding hydrogens is 699 g/mol. The maximum Gasteiger partial charge on any atom is 1.00 e. The van der Waals surface area contributed by atoms with Crippen molar-refractivity contribution in [2.75, 3.05) is 31.7 Å². The zero-order valence-electron chi connectivity index (χ0n) is 28.1. The van der Waals surface area contributed by atoms with Gasteiger partial charge in [0, 0.05) is 12.8 Å². The zero-order valence-corrected chi connectivity index (χ0v) is 32.7. The van der Waals surface area contributed by atoms with Crippen LogP contribution in [0.1, 0.15) is 103 Å². The van der Waals surface area contributed by atoms with E-state index in [1.807, 2.05) is 0 Å². The summed E-state index contributed by atoms with van der Waals surface area (Å²) in [6.45, 7) is 1.81. The molecule has 5 N–H and O–H groups in total. The molecule has 3 heterocycles. The minimum absolute atomic E-state index is 0. The van der Waals surface area contributed by atoms with Crippen molar-refractivity contribution in [3.05, 3.63) is 12.7 Å². The number of fused-ring (bicyclic) bond motifs is 1. The molecule has 7 unspecified atom stereocenters. The van der Waals surface area contributed by atoms with Gasteiger partial charge in [0.15, 0.2) is 17.7 Å². The Morgan fingerprint density at radius 2 is 1.56 bits per heavy atom. The summed E-state index contributed by atoms with van der Waals surface area (Å²) >= 11 is 6.10. The van der Waals surface area contributed by atoms with Gasteiger partial charge in [0.25, 0.3) is 0 Å². The van der Waals surface area contributed by atoms with Crippen molar-refractivity contribution in [1.29, 1.82) is 0 Å². The number of alkyl halides is 1. The summed E-state index contributed by atoms with van der Waals surface area (Å²) in [5, 5.41) is 19.9. The third-order valence-corrected chi connectivity index (χ3v) is 11.7. The van der Waals surface area contributed by atoms with E-state index in [9.17, 15) is 29.1 Å². The van der Waals surface area contributed by atoms with E-state index in [4.69, 9.17) is 31.3 Å². The molecule has 7 atom stereocenters. The molecule has 0 spiro atoms. The van der Waals surface area contributed by atoms with Gasteiger partial charge in [-0.15, -0.1) is 11.6 Å². The second kappa shape index (κ2) is 22.7. The largest absolute Gasteiger partial charge is 1.00 e. The fourth-order valence-corrected chi connectivity index (χ4v) is 8.67. The normalized spacial score (nSPS) is 22.7. The van der Waals surface area contributed by atoms with E-state index in [1.165, 1.54) is 87.9 Å². The van der Waals surface area contributed by atoms with Crippen molar-refractivity contribution in [3.8, 4) is 0 Å². The number of hydrogen-bond donors (Lipinski definition) is 4. The molecule has 1 aliphatic rings. The molecule has 270 valence electrons. The predicted octanol–water partition coefficient (Wildman–Crippen LogP) is 1.82. The third-order valence-electron chi connectivity index (χ3n) is 7.99. The number of unbranched alkanes of at least 4 members (excludes halogenated alkanes) is 13. The van der Waals surface area contributed by atoms with Crippen LogP contribution < -0.4 is 40.2 Å². The molecule has 2 aromatic rings. The average Bonchev–Trinajstić information content (AvgIpc) is 3.56. The van der Waals surface area contributed by atoms with Crippen LogP contribution >= 0.6 is 27.0 Å². The van der Waals surface area contributed by atoms with Crippen LogP contribution in [0.25, 0.3) is 11.2 Å².